The molecule has 3 aromatic rings. The Bertz CT molecular complexity index is 728. The van der Waals surface area contributed by atoms with E-state index in [9.17, 15) is 0 Å². The topological polar surface area (TPSA) is 21.3 Å². The Morgan fingerprint density at radius 1 is 0.857 bits per heavy atom. The number of anilines is 1. The Balaban J connectivity index is 1.57. The van der Waals surface area contributed by atoms with Crippen LogP contribution in [0.3, 0.4) is 0 Å². The van der Waals surface area contributed by atoms with Crippen LogP contribution in [0.25, 0.3) is 10.8 Å². The van der Waals surface area contributed by atoms with Gasteiger partial charge in [-0.2, -0.15) is 0 Å². The second-order valence-electron chi connectivity index (χ2n) is 4.79. The minimum Gasteiger partial charge on any atom is -0.492 e. The Morgan fingerprint density at radius 3 is 2.48 bits per heavy atom. The molecular weight excluding hydrogens is 326 g/mol. The third-order valence-electron chi connectivity index (χ3n) is 3.25. The van der Waals surface area contributed by atoms with Gasteiger partial charge in [0, 0.05) is 16.7 Å². The molecule has 0 aliphatic heterocycles. The number of benzene rings is 3. The van der Waals surface area contributed by atoms with Gasteiger partial charge in [-0.3, -0.25) is 0 Å². The van der Waals surface area contributed by atoms with Crippen LogP contribution in [0.1, 0.15) is 0 Å². The first kappa shape index (κ1) is 14.0. The molecule has 0 amide bonds. The van der Waals surface area contributed by atoms with Crippen LogP contribution in [-0.2, 0) is 0 Å². The fourth-order valence-electron chi connectivity index (χ4n) is 2.21. The molecule has 1 N–H and O–H groups in total. The van der Waals surface area contributed by atoms with Gasteiger partial charge in [0.15, 0.2) is 0 Å². The Morgan fingerprint density at radius 2 is 1.62 bits per heavy atom. The Hall–Kier alpha value is -2.00. The predicted octanol–water partition coefficient (Wildman–Crippen LogP) is 5.09. The Kier molecular flexibility index (Phi) is 4.41. The van der Waals surface area contributed by atoms with Crippen molar-refractivity contribution in [3.8, 4) is 5.75 Å². The van der Waals surface area contributed by atoms with E-state index in [1.165, 1.54) is 10.8 Å². The van der Waals surface area contributed by atoms with Crippen molar-refractivity contribution < 1.29 is 4.74 Å². The summed E-state index contributed by atoms with van der Waals surface area (Å²) < 4.78 is 6.77. The molecule has 0 spiro atoms. The average Bonchev–Trinajstić information content (AvgIpc) is 2.52. The van der Waals surface area contributed by atoms with Crippen molar-refractivity contribution in [3.05, 3.63) is 71.2 Å². The van der Waals surface area contributed by atoms with Crippen LogP contribution >= 0.6 is 15.9 Å². The van der Waals surface area contributed by atoms with Crippen molar-refractivity contribution >= 4 is 32.4 Å². The molecule has 106 valence electrons. The van der Waals surface area contributed by atoms with Crippen LogP contribution < -0.4 is 10.1 Å². The number of fused-ring (bicyclic) bond motifs is 1. The molecule has 3 rings (SSSR count). The molecule has 21 heavy (non-hydrogen) atoms. The summed E-state index contributed by atoms with van der Waals surface area (Å²) in [6, 6.07) is 22.5. The summed E-state index contributed by atoms with van der Waals surface area (Å²) in [5, 5.41) is 5.85. The second-order valence-corrected chi connectivity index (χ2v) is 5.71. The van der Waals surface area contributed by atoms with Crippen molar-refractivity contribution in [1.82, 2.24) is 0 Å². The maximum Gasteiger partial charge on any atom is 0.119 e. The van der Waals surface area contributed by atoms with Crippen LogP contribution in [-0.4, -0.2) is 13.2 Å². The van der Waals surface area contributed by atoms with E-state index < -0.39 is 0 Å². The van der Waals surface area contributed by atoms with Gasteiger partial charge in [-0.1, -0.05) is 46.3 Å². The summed E-state index contributed by atoms with van der Waals surface area (Å²) in [6.07, 6.45) is 0. The summed E-state index contributed by atoms with van der Waals surface area (Å²) in [4.78, 5) is 0. The van der Waals surface area contributed by atoms with Crippen LogP contribution in [0.4, 0.5) is 5.69 Å². The van der Waals surface area contributed by atoms with E-state index in [2.05, 4.69) is 57.6 Å². The fraction of sp³-hybridized carbons (Fsp3) is 0.111. The summed E-state index contributed by atoms with van der Waals surface area (Å²) in [5.41, 5.74) is 1.11. The molecule has 0 saturated carbocycles. The molecule has 3 aromatic carbocycles. The number of nitrogens with one attached hydrogen (secondary N) is 1. The van der Waals surface area contributed by atoms with Crippen molar-refractivity contribution in [3.63, 3.8) is 0 Å². The van der Waals surface area contributed by atoms with E-state index in [0.29, 0.717) is 6.61 Å². The zero-order valence-electron chi connectivity index (χ0n) is 11.6. The third-order valence-corrected chi connectivity index (χ3v) is 3.74. The van der Waals surface area contributed by atoms with Crippen molar-refractivity contribution in [2.45, 2.75) is 0 Å². The van der Waals surface area contributed by atoms with E-state index in [0.717, 1.165) is 22.5 Å². The van der Waals surface area contributed by atoms with Gasteiger partial charge < -0.3 is 10.1 Å². The number of ether oxygens (including phenoxy) is 1. The van der Waals surface area contributed by atoms with Gasteiger partial charge in [-0.05, 0) is 47.2 Å². The molecule has 0 aliphatic rings. The second kappa shape index (κ2) is 6.64. The smallest absolute Gasteiger partial charge is 0.119 e. The van der Waals surface area contributed by atoms with E-state index >= 15 is 0 Å². The molecule has 3 heteroatoms. The lowest BCUT2D eigenvalue weighted by molar-refractivity contribution is 0.333. The van der Waals surface area contributed by atoms with E-state index in [1.807, 2.05) is 30.3 Å². The first-order valence-corrected chi connectivity index (χ1v) is 7.72. The number of hydrogen-bond donors (Lipinski definition) is 1. The van der Waals surface area contributed by atoms with Gasteiger partial charge >= 0.3 is 0 Å². The highest BCUT2D eigenvalue weighted by molar-refractivity contribution is 9.10. The van der Waals surface area contributed by atoms with Crippen LogP contribution in [0.2, 0.25) is 0 Å². The van der Waals surface area contributed by atoms with E-state index in [-0.39, 0.29) is 0 Å². The molecular formula is C18H16BrNO. The monoisotopic (exact) mass is 341 g/mol. The molecule has 0 atom stereocenters. The normalized spacial score (nSPS) is 10.5. The maximum atomic E-state index is 5.66. The molecule has 0 radical (unpaired) electrons. The minimum atomic E-state index is 0.641. The van der Waals surface area contributed by atoms with E-state index in [4.69, 9.17) is 4.74 Å². The maximum absolute atomic E-state index is 5.66. The lowest BCUT2D eigenvalue weighted by Gasteiger charge is -2.09. The molecule has 0 aromatic heterocycles. The van der Waals surface area contributed by atoms with Gasteiger partial charge in [0.2, 0.25) is 0 Å². The van der Waals surface area contributed by atoms with Crippen LogP contribution in [0.5, 0.6) is 5.75 Å². The van der Waals surface area contributed by atoms with Gasteiger partial charge in [0.1, 0.15) is 12.4 Å². The third kappa shape index (κ3) is 3.76. The molecule has 0 saturated heterocycles. The lowest BCUT2D eigenvalue weighted by Crippen LogP contribution is -2.11. The fourth-order valence-corrected chi connectivity index (χ4v) is 2.59. The quantitative estimate of drug-likeness (QED) is 0.652. The zero-order chi connectivity index (χ0) is 14.5. The minimum absolute atomic E-state index is 0.641. The van der Waals surface area contributed by atoms with Gasteiger partial charge in [-0.15, -0.1) is 0 Å². The molecule has 0 fully saturated rings. The number of rotatable bonds is 5. The molecule has 2 nitrogen and oxygen atoms in total. The zero-order valence-corrected chi connectivity index (χ0v) is 13.1. The largest absolute Gasteiger partial charge is 0.492 e. The average molecular weight is 342 g/mol. The number of hydrogen-bond acceptors (Lipinski definition) is 2. The highest BCUT2D eigenvalue weighted by atomic mass is 79.9. The van der Waals surface area contributed by atoms with E-state index in [1.54, 1.807) is 0 Å². The summed E-state index contributed by atoms with van der Waals surface area (Å²) in [5.74, 6) is 0.905. The van der Waals surface area contributed by atoms with Crippen LogP contribution in [0, 0.1) is 0 Å². The van der Waals surface area contributed by atoms with Crippen molar-refractivity contribution in [2.75, 3.05) is 18.5 Å². The first-order chi connectivity index (χ1) is 10.3. The SMILES string of the molecule is Brc1ccc2cc(NCCOc3ccccc3)ccc2c1. The van der Waals surface area contributed by atoms with Gasteiger partial charge in [-0.25, -0.2) is 0 Å². The van der Waals surface area contributed by atoms with Gasteiger partial charge in [0.05, 0.1) is 0 Å². The van der Waals surface area contributed by atoms with Crippen LogP contribution in [0.15, 0.2) is 71.2 Å². The predicted molar refractivity (Wildman–Crippen MR) is 92.1 cm³/mol. The first-order valence-electron chi connectivity index (χ1n) is 6.92. The Labute approximate surface area is 132 Å². The standard InChI is InChI=1S/C18H16BrNO/c19-16-8-6-15-13-17(9-7-14(15)12-16)20-10-11-21-18-4-2-1-3-5-18/h1-9,12-13,20H,10-11H2. The lowest BCUT2D eigenvalue weighted by atomic mass is 10.1. The van der Waals surface area contributed by atoms with Gasteiger partial charge in [0.25, 0.3) is 0 Å². The molecule has 0 heterocycles. The molecule has 0 bridgehead atoms. The highest BCUT2D eigenvalue weighted by Gasteiger charge is 1.98. The molecule has 0 unspecified atom stereocenters. The summed E-state index contributed by atoms with van der Waals surface area (Å²) >= 11 is 3.49. The number of para-hydroxylation sites is 1. The number of halogens is 1. The van der Waals surface area contributed by atoms with Crippen molar-refractivity contribution in [1.29, 1.82) is 0 Å². The molecule has 0 aliphatic carbocycles. The summed E-state index contributed by atoms with van der Waals surface area (Å²) in [7, 11) is 0. The summed E-state index contributed by atoms with van der Waals surface area (Å²) in [6.45, 7) is 1.42. The van der Waals surface area contributed by atoms with Crippen molar-refractivity contribution in [2.24, 2.45) is 0 Å². The highest BCUT2D eigenvalue weighted by Crippen LogP contribution is 2.22.